The van der Waals surface area contributed by atoms with E-state index in [0.717, 1.165) is 42.4 Å². The number of amides is 3. The van der Waals surface area contributed by atoms with Crippen molar-refractivity contribution in [3.8, 4) is 0 Å². The standard InChI is InChI=1S/C30H39N3O4/c1-20(32-28(35)24-12-10-22(15-24)14-21-8-6-5-7-9-21)27(34)31-17-23-11-13-25-18-33(19-26(25)16-23)29(36)37-30(2,3)4/h5-9,11,13,16,20,22,24H,10,12,14-15,17-19H2,1-4H3,(H,31,34)(H,32,35)/t20-,22-,24+/m0/s1. The molecule has 0 spiro atoms. The number of hydrogen-bond donors (Lipinski definition) is 2. The molecule has 1 heterocycles. The number of ether oxygens (including phenoxy) is 1. The highest BCUT2D eigenvalue weighted by molar-refractivity contribution is 5.88. The average molecular weight is 506 g/mol. The highest BCUT2D eigenvalue weighted by Gasteiger charge is 2.31. The fraction of sp³-hybridized carbons (Fsp3) is 0.500. The molecule has 4 rings (SSSR count). The highest BCUT2D eigenvalue weighted by Crippen LogP contribution is 2.33. The highest BCUT2D eigenvalue weighted by atomic mass is 16.6. The number of nitrogens with one attached hydrogen (secondary N) is 2. The van der Waals surface area contributed by atoms with E-state index in [0.29, 0.717) is 25.6 Å². The fourth-order valence-corrected chi connectivity index (χ4v) is 5.20. The topological polar surface area (TPSA) is 87.7 Å². The molecule has 37 heavy (non-hydrogen) atoms. The molecular weight excluding hydrogens is 466 g/mol. The Morgan fingerprint density at radius 1 is 1.00 bits per heavy atom. The Kier molecular flexibility index (Phi) is 8.20. The van der Waals surface area contributed by atoms with Gasteiger partial charge in [-0.15, -0.1) is 0 Å². The van der Waals surface area contributed by atoms with Gasteiger partial charge in [0.15, 0.2) is 0 Å². The molecule has 1 saturated carbocycles. The van der Waals surface area contributed by atoms with Crippen molar-refractivity contribution in [2.45, 2.75) is 84.7 Å². The molecule has 0 saturated heterocycles. The normalized spacial score (nSPS) is 19.7. The first-order chi connectivity index (χ1) is 17.6. The Labute approximate surface area is 220 Å². The van der Waals surface area contributed by atoms with Crippen LogP contribution in [-0.2, 0) is 40.4 Å². The van der Waals surface area contributed by atoms with Crippen molar-refractivity contribution in [1.82, 2.24) is 15.5 Å². The Morgan fingerprint density at radius 2 is 1.73 bits per heavy atom. The minimum Gasteiger partial charge on any atom is -0.444 e. The molecule has 2 aliphatic rings. The van der Waals surface area contributed by atoms with Crippen LogP contribution >= 0.6 is 0 Å². The molecule has 1 aliphatic carbocycles. The maximum Gasteiger partial charge on any atom is 0.410 e. The van der Waals surface area contributed by atoms with E-state index in [-0.39, 0.29) is 23.8 Å². The smallest absolute Gasteiger partial charge is 0.410 e. The average Bonchev–Trinajstić information content (AvgIpc) is 3.49. The second kappa shape index (κ2) is 11.4. The van der Waals surface area contributed by atoms with E-state index in [1.54, 1.807) is 11.8 Å². The third-order valence-corrected chi connectivity index (χ3v) is 7.14. The zero-order valence-corrected chi connectivity index (χ0v) is 22.4. The van der Waals surface area contributed by atoms with Gasteiger partial charge in [0.2, 0.25) is 11.8 Å². The zero-order valence-electron chi connectivity index (χ0n) is 22.4. The molecule has 1 fully saturated rings. The lowest BCUT2D eigenvalue weighted by atomic mass is 9.96. The van der Waals surface area contributed by atoms with Gasteiger partial charge in [-0.25, -0.2) is 4.79 Å². The van der Waals surface area contributed by atoms with Gasteiger partial charge in [0.05, 0.1) is 0 Å². The lowest BCUT2D eigenvalue weighted by Gasteiger charge is -2.24. The van der Waals surface area contributed by atoms with Crippen LogP contribution in [0.3, 0.4) is 0 Å². The van der Waals surface area contributed by atoms with Crippen LogP contribution < -0.4 is 10.6 Å². The predicted molar refractivity (Wildman–Crippen MR) is 142 cm³/mol. The van der Waals surface area contributed by atoms with Crippen molar-refractivity contribution >= 4 is 17.9 Å². The van der Waals surface area contributed by atoms with Crippen molar-refractivity contribution in [1.29, 1.82) is 0 Å². The van der Waals surface area contributed by atoms with Crippen LogP contribution in [0.15, 0.2) is 48.5 Å². The lowest BCUT2D eigenvalue weighted by molar-refractivity contribution is -0.130. The van der Waals surface area contributed by atoms with Gasteiger partial charge in [-0.2, -0.15) is 0 Å². The van der Waals surface area contributed by atoms with Gasteiger partial charge in [0, 0.05) is 25.6 Å². The monoisotopic (exact) mass is 505 g/mol. The number of hydrogen-bond acceptors (Lipinski definition) is 4. The van der Waals surface area contributed by atoms with Crippen molar-refractivity contribution in [3.05, 3.63) is 70.8 Å². The summed E-state index contributed by atoms with van der Waals surface area (Å²) in [6.45, 7) is 8.67. The molecule has 2 N–H and O–H groups in total. The van der Waals surface area contributed by atoms with Gasteiger partial charge in [-0.1, -0.05) is 48.5 Å². The van der Waals surface area contributed by atoms with Crippen molar-refractivity contribution in [2.75, 3.05) is 0 Å². The molecule has 1 aliphatic heterocycles. The summed E-state index contributed by atoms with van der Waals surface area (Å²) in [5, 5.41) is 5.85. The van der Waals surface area contributed by atoms with Gasteiger partial charge in [-0.3, -0.25) is 14.5 Å². The summed E-state index contributed by atoms with van der Waals surface area (Å²) in [6, 6.07) is 15.8. The maximum atomic E-state index is 12.8. The van der Waals surface area contributed by atoms with Crippen LogP contribution in [-0.4, -0.2) is 34.5 Å². The molecular formula is C30H39N3O4. The van der Waals surface area contributed by atoms with E-state index in [1.807, 2.05) is 45.0 Å². The van der Waals surface area contributed by atoms with Crippen LogP contribution in [0, 0.1) is 11.8 Å². The fourth-order valence-electron chi connectivity index (χ4n) is 5.20. The molecule has 2 aromatic carbocycles. The van der Waals surface area contributed by atoms with Gasteiger partial charge in [-0.05, 0) is 81.5 Å². The maximum absolute atomic E-state index is 12.8. The molecule has 0 unspecified atom stereocenters. The quantitative estimate of drug-likeness (QED) is 0.570. The van der Waals surface area contributed by atoms with E-state index in [1.165, 1.54) is 5.56 Å². The van der Waals surface area contributed by atoms with E-state index >= 15 is 0 Å². The minimum atomic E-state index is -0.599. The van der Waals surface area contributed by atoms with Gasteiger partial charge in [0.25, 0.3) is 0 Å². The van der Waals surface area contributed by atoms with Gasteiger partial charge < -0.3 is 15.4 Å². The number of fused-ring (bicyclic) bond motifs is 1. The Morgan fingerprint density at radius 3 is 2.46 bits per heavy atom. The lowest BCUT2D eigenvalue weighted by Crippen LogP contribution is -2.46. The molecule has 3 atom stereocenters. The molecule has 3 amide bonds. The summed E-state index contributed by atoms with van der Waals surface area (Å²) in [4.78, 5) is 39.6. The van der Waals surface area contributed by atoms with Crippen LogP contribution in [0.2, 0.25) is 0 Å². The summed E-state index contributed by atoms with van der Waals surface area (Å²) in [5.74, 6) is 0.239. The zero-order chi connectivity index (χ0) is 26.6. The predicted octanol–water partition coefficient (Wildman–Crippen LogP) is 4.72. The minimum absolute atomic E-state index is 0.0297. The Balaban J connectivity index is 1.21. The number of rotatable bonds is 7. The molecule has 7 heteroatoms. The largest absolute Gasteiger partial charge is 0.444 e. The number of benzene rings is 2. The molecule has 0 bridgehead atoms. The van der Waals surface area contributed by atoms with Crippen molar-refractivity contribution in [3.63, 3.8) is 0 Å². The summed E-state index contributed by atoms with van der Waals surface area (Å²) in [6.07, 6.45) is 3.45. The van der Waals surface area contributed by atoms with Crippen LogP contribution in [0.5, 0.6) is 0 Å². The number of carbonyl (C=O) groups excluding carboxylic acids is 3. The SMILES string of the molecule is C[C@H](NC(=O)[C@@H]1CC[C@@H](Cc2ccccc2)C1)C(=O)NCc1ccc2c(c1)CN(C(=O)OC(C)(C)C)C2. The van der Waals surface area contributed by atoms with Gasteiger partial charge in [0.1, 0.15) is 11.6 Å². The second-order valence-corrected chi connectivity index (χ2v) is 11.5. The van der Waals surface area contributed by atoms with Crippen LogP contribution in [0.4, 0.5) is 4.79 Å². The van der Waals surface area contributed by atoms with Crippen LogP contribution in [0.25, 0.3) is 0 Å². The third kappa shape index (κ3) is 7.34. The Hall–Kier alpha value is -3.35. The molecule has 7 nitrogen and oxygen atoms in total. The van der Waals surface area contributed by atoms with E-state index in [4.69, 9.17) is 4.74 Å². The number of nitrogens with zero attached hydrogens (tertiary/aromatic N) is 1. The van der Waals surface area contributed by atoms with E-state index in [9.17, 15) is 14.4 Å². The first kappa shape index (κ1) is 26.7. The van der Waals surface area contributed by atoms with Crippen molar-refractivity contribution in [2.24, 2.45) is 11.8 Å². The molecule has 0 radical (unpaired) electrons. The first-order valence-corrected chi connectivity index (χ1v) is 13.3. The Bertz CT molecular complexity index is 1130. The van der Waals surface area contributed by atoms with Crippen LogP contribution in [0.1, 0.15) is 69.2 Å². The second-order valence-electron chi connectivity index (χ2n) is 11.5. The summed E-state index contributed by atoms with van der Waals surface area (Å²) >= 11 is 0. The first-order valence-electron chi connectivity index (χ1n) is 13.3. The third-order valence-electron chi connectivity index (χ3n) is 7.14. The summed E-state index contributed by atoms with van der Waals surface area (Å²) in [5.41, 5.74) is 3.88. The molecule has 0 aromatic heterocycles. The van der Waals surface area contributed by atoms with E-state index in [2.05, 4.69) is 34.9 Å². The molecule has 198 valence electrons. The molecule has 2 aromatic rings. The summed E-state index contributed by atoms with van der Waals surface area (Å²) < 4.78 is 5.48. The summed E-state index contributed by atoms with van der Waals surface area (Å²) in [7, 11) is 0. The number of carbonyl (C=O) groups is 3. The van der Waals surface area contributed by atoms with E-state index < -0.39 is 11.6 Å². The van der Waals surface area contributed by atoms with Gasteiger partial charge >= 0.3 is 6.09 Å². The van der Waals surface area contributed by atoms with Crippen molar-refractivity contribution < 1.29 is 19.1 Å².